The lowest BCUT2D eigenvalue weighted by Crippen LogP contribution is -2.43. The van der Waals surface area contributed by atoms with Gasteiger partial charge in [0.2, 0.25) is 6.41 Å². The van der Waals surface area contributed by atoms with Gasteiger partial charge < -0.3 is 19.9 Å². The fraction of sp³-hybridized carbons (Fsp3) is 0.529. The number of carbonyl (C=O) groups is 2. The zero-order valence-electron chi connectivity index (χ0n) is 13.8. The molecule has 2 amide bonds. The molecule has 6 nitrogen and oxygen atoms in total. The standard InChI is InChI=1S/C17H21F2N3O3/c18-17(19)3-5-21(6-4-17)15-11-13(20-12-23)1-2-14(15)16(24)22-7-9-25-10-8-22/h1-2,11-12H,3-10H2,(H,20,23). The third-order valence-corrected chi connectivity index (χ3v) is 4.59. The van der Waals surface area contributed by atoms with E-state index < -0.39 is 5.92 Å². The van der Waals surface area contributed by atoms with Gasteiger partial charge in [-0.1, -0.05) is 0 Å². The Morgan fingerprint density at radius 2 is 1.84 bits per heavy atom. The quantitative estimate of drug-likeness (QED) is 0.841. The van der Waals surface area contributed by atoms with Crippen molar-refractivity contribution in [2.24, 2.45) is 0 Å². The lowest BCUT2D eigenvalue weighted by Gasteiger charge is -2.35. The highest BCUT2D eigenvalue weighted by molar-refractivity contribution is 6.01. The van der Waals surface area contributed by atoms with Crippen LogP contribution in [0.15, 0.2) is 18.2 Å². The number of anilines is 2. The van der Waals surface area contributed by atoms with Gasteiger partial charge in [0.25, 0.3) is 11.8 Å². The SMILES string of the molecule is O=CNc1ccc(C(=O)N2CCOCC2)c(N2CCC(F)(F)CC2)c1. The van der Waals surface area contributed by atoms with Gasteiger partial charge in [0.15, 0.2) is 0 Å². The Labute approximate surface area is 144 Å². The molecular weight excluding hydrogens is 332 g/mol. The minimum Gasteiger partial charge on any atom is -0.378 e. The molecular formula is C17H21F2N3O3. The smallest absolute Gasteiger partial charge is 0.256 e. The number of amides is 2. The van der Waals surface area contributed by atoms with Gasteiger partial charge in [-0.15, -0.1) is 0 Å². The van der Waals surface area contributed by atoms with Crippen LogP contribution in [0.1, 0.15) is 23.2 Å². The van der Waals surface area contributed by atoms with Gasteiger partial charge in [0, 0.05) is 44.7 Å². The average Bonchev–Trinajstić information content (AvgIpc) is 2.62. The number of piperidine rings is 1. The summed E-state index contributed by atoms with van der Waals surface area (Å²) in [5.41, 5.74) is 1.57. The third kappa shape index (κ3) is 4.07. The molecule has 3 rings (SSSR count). The highest BCUT2D eigenvalue weighted by atomic mass is 19.3. The highest BCUT2D eigenvalue weighted by Crippen LogP contribution is 2.33. The zero-order chi connectivity index (χ0) is 17.9. The average molecular weight is 353 g/mol. The number of hydrogen-bond acceptors (Lipinski definition) is 4. The summed E-state index contributed by atoms with van der Waals surface area (Å²) in [6.07, 6.45) is 0.0555. The number of alkyl halides is 2. The summed E-state index contributed by atoms with van der Waals surface area (Å²) in [5.74, 6) is -2.81. The second-order valence-corrected chi connectivity index (χ2v) is 6.24. The van der Waals surface area contributed by atoms with E-state index in [-0.39, 0.29) is 31.8 Å². The van der Waals surface area contributed by atoms with Gasteiger partial charge in [-0.25, -0.2) is 8.78 Å². The number of halogens is 2. The molecule has 1 aromatic rings. The van der Waals surface area contributed by atoms with Crippen LogP contribution in [0.5, 0.6) is 0 Å². The van der Waals surface area contributed by atoms with E-state index in [1.54, 1.807) is 28.0 Å². The van der Waals surface area contributed by atoms with Crippen molar-refractivity contribution < 1.29 is 23.1 Å². The van der Waals surface area contributed by atoms with Gasteiger partial charge in [0.05, 0.1) is 24.5 Å². The summed E-state index contributed by atoms with van der Waals surface area (Å²) in [5, 5.41) is 2.55. The van der Waals surface area contributed by atoms with E-state index in [0.717, 1.165) is 0 Å². The minimum absolute atomic E-state index is 0.145. The molecule has 2 aliphatic rings. The van der Waals surface area contributed by atoms with Crippen LogP contribution in [0.4, 0.5) is 20.2 Å². The van der Waals surface area contributed by atoms with Crippen LogP contribution in [0, 0.1) is 0 Å². The summed E-state index contributed by atoms with van der Waals surface area (Å²) in [6, 6.07) is 4.96. The van der Waals surface area contributed by atoms with Gasteiger partial charge in [0.1, 0.15) is 0 Å². The van der Waals surface area contributed by atoms with E-state index in [0.29, 0.717) is 49.7 Å². The maximum absolute atomic E-state index is 13.5. The molecule has 0 aliphatic carbocycles. The number of hydrogen-bond donors (Lipinski definition) is 1. The number of morpholine rings is 1. The normalized spacial score (nSPS) is 20.2. The Morgan fingerprint density at radius 1 is 1.16 bits per heavy atom. The largest absolute Gasteiger partial charge is 0.378 e. The molecule has 136 valence electrons. The number of nitrogens with one attached hydrogen (secondary N) is 1. The predicted octanol–water partition coefficient (Wildman–Crippen LogP) is 1.96. The first-order valence-corrected chi connectivity index (χ1v) is 8.34. The van der Waals surface area contributed by atoms with Crippen molar-refractivity contribution in [3.8, 4) is 0 Å². The molecule has 0 aromatic heterocycles. The van der Waals surface area contributed by atoms with Gasteiger partial charge in [-0.05, 0) is 18.2 Å². The number of carbonyl (C=O) groups excluding carboxylic acids is 2. The molecule has 0 bridgehead atoms. The Bertz CT molecular complexity index is 638. The number of rotatable bonds is 4. The van der Waals surface area contributed by atoms with Gasteiger partial charge in [-0.2, -0.15) is 0 Å². The molecule has 2 fully saturated rings. The van der Waals surface area contributed by atoms with Crippen molar-refractivity contribution in [3.05, 3.63) is 23.8 Å². The maximum atomic E-state index is 13.5. The van der Waals surface area contributed by atoms with Crippen LogP contribution in [-0.4, -0.2) is 62.5 Å². The fourth-order valence-corrected chi connectivity index (χ4v) is 3.14. The Balaban J connectivity index is 1.88. The molecule has 0 atom stereocenters. The number of ether oxygens (including phenoxy) is 1. The van der Waals surface area contributed by atoms with Crippen LogP contribution in [0.3, 0.4) is 0 Å². The van der Waals surface area contributed by atoms with Crippen molar-refractivity contribution in [2.75, 3.05) is 49.6 Å². The van der Waals surface area contributed by atoms with E-state index in [4.69, 9.17) is 4.74 Å². The first-order valence-electron chi connectivity index (χ1n) is 8.34. The fourth-order valence-electron chi connectivity index (χ4n) is 3.14. The summed E-state index contributed by atoms with van der Waals surface area (Å²) in [7, 11) is 0. The van der Waals surface area contributed by atoms with Crippen LogP contribution >= 0.6 is 0 Å². The van der Waals surface area contributed by atoms with E-state index in [2.05, 4.69) is 5.32 Å². The molecule has 2 heterocycles. The topological polar surface area (TPSA) is 61.9 Å². The molecule has 1 aromatic carbocycles. The Kier molecular flexibility index (Phi) is 5.17. The second kappa shape index (κ2) is 7.35. The first kappa shape index (κ1) is 17.6. The van der Waals surface area contributed by atoms with Crippen LogP contribution in [0.25, 0.3) is 0 Å². The summed E-state index contributed by atoms with van der Waals surface area (Å²) in [4.78, 5) is 27.1. The molecule has 0 unspecified atom stereocenters. The van der Waals surface area contributed by atoms with Crippen LogP contribution in [0.2, 0.25) is 0 Å². The molecule has 0 spiro atoms. The molecule has 25 heavy (non-hydrogen) atoms. The van der Waals surface area contributed by atoms with E-state index in [9.17, 15) is 18.4 Å². The summed E-state index contributed by atoms with van der Waals surface area (Å²) in [6.45, 7) is 2.32. The maximum Gasteiger partial charge on any atom is 0.256 e. The van der Waals surface area contributed by atoms with E-state index in [1.807, 2.05) is 0 Å². The first-order chi connectivity index (χ1) is 12.0. The van der Waals surface area contributed by atoms with Crippen molar-refractivity contribution in [2.45, 2.75) is 18.8 Å². The van der Waals surface area contributed by atoms with Crippen molar-refractivity contribution >= 4 is 23.7 Å². The molecule has 0 saturated carbocycles. The molecule has 8 heteroatoms. The summed E-state index contributed by atoms with van der Waals surface area (Å²) < 4.78 is 32.2. The Hall–Kier alpha value is -2.22. The van der Waals surface area contributed by atoms with Gasteiger partial charge in [-0.3, -0.25) is 9.59 Å². The highest BCUT2D eigenvalue weighted by Gasteiger charge is 2.35. The molecule has 1 N–H and O–H groups in total. The van der Waals surface area contributed by atoms with E-state index >= 15 is 0 Å². The molecule has 2 saturated heterocycles. The third-order valence-electron chi connectivity index (χ3n) is 4.59. The number of benzene rings is 1. The lowest BCUT2D eigenvalue weighted by molar-refractivity contribution is -0.105. The minimum atomic E-state index is -2.66. The Morgan fingerprint density at radius 3 is 2.48 bits per heavy atom. The van der Waals surface area contributed by atoms with Crippen LogP contribution < -0.4 is 10.2 Å². The molecule has 2 aliphatic heterocycles. The van der Waals surface area contributed by atoms with E-state index in [1.165, 1.54) is 0 Å². The second-order valence-electron chi connectivity index (χ2n) is 6.24. The van der Waals surface area contributed by atoms with Crippen molar-refractivity contribution in [3.63, 3.8) is 0 Å². The number of nitrogens with zero attached hydrogens (tertiary/aromatic N) is 2. The summed E-state index contributed by atoms with van der Waals surface area (Å²) >= 11 is 0. The lowest BCUT2D eigenvalue weighted by atomic mass is 10.0. The zero-order valence-corrected chi connectivity index (χ0v) is 13.8. The molecule has 0 radical (unpaired) electrons. The van der Waals surface area contributed by atoms with Crippen LogP contribution in [-0.2, 0) is 9.53 Å². The van der Waals surface area contributed by atoms with Gasteiger partial charge >= 0.3 is 0 Å². The van der Waals surface area contributed by atoms with Crippen molar-refractivity contribution in [1.29, 1.82) is 0 Å². The monoisotopic (exact) mass is 353 g/mol. The van der Waals surface area contributed by atoms with Crippen molar-refractivity contribution in [1.82, 2.24) is 4.90 Å². The predicted molar refractivity (Wildman–Crippen MR) is 89.2 cm³/mol.